The van der Waals surface area contributed by atoms with Crippen molar-refractivity contribution in [2.45, 2.75) is 51.9 Å². The largest absolute Gasteiger partial charge is 0.450 e. The fourth-order valence-electron chi connectivity index (χ4n) is 8.07. The van der Waals surface area contributed by atoms with Gasteiger partial charge in [-0.15, -0.1) is 11.3 Å². The van der Waals surface area contributed by atoms with Crippen molar-refractivity contribution in [3.8, 4) is 11.1 Å². The summed E-state index contributed by atoms with van der Waals surface area (Å²) in [7, 11) is 0. The molecule has 2 fully saturated rings. The fraction of sp³-hybridized carbons (Fsp3) is 0.484. The Morgan fingerprint density at radius 3 is 2.58 bits per heavy atom. The summed E-state index contributed by atoms with van der Waals surface area (Å²) >= 11 is 1.25. The number of carbonyl (C=O) groups is 2. The number of esters is 1. The number of aliphatic hydroxyl groups excluding tert-OH is 2. The van der Waals surface area contributed by atoms with E-state index in [4.69, 9.17) is 4.74 Å². The lowest BCUT2D eigenvalue weighted by molar-refractivity contribution is -0.190. The lowest BCUT2D eigenvalue weighted by atomic mass is 9.59. The fourth-order valence-corrected chi connectivity index (χ4v) is 8.86. The van der Waals surface area contributed by atoms with Gasteiger partial charge in [0.1, 0.15) is 11.0 Å². The van der Waals surface area contributed by atoms with Crippen molar-refractivity contribution in [2.24, 2.45) is 34.5 Å². The molecule has 1 heterocycles. The highest BCUT2D eigenvalue weighted by molar-refractivity contribution is 7.12. The average molecular weight is 535 g/mol. The van der Waals surface area contributed by atoms with E-state index < -0.39 is 41.7 Å². The van der Waals surface area contributed by atoms with E-state index in [1.807, 2.05) is 48.7 Å². The van der Waals surface area contributed by atoms with Crippen LogP contribution in [0, 0.1) is 34.5 Å². The number of carbonyl (C=O) groups excluding carboxylic acids is 2. The molecule has 0 radical (unpaired) electrons. The first-order valence-electron chi connectivity index (χ1n) is 13.3. The number of rotatable bonds is 4. The van der Waals surface area contributed by atoms with Gasteiger partial charge in [0, 0.05) is 11.5 Å². The summed E-state index contributed by atoms with van der Waals surface area (Å²) in [5, 5.41) is 36.3. The standard InChI is InChI=1S/C31H34O6S/c1-16-14-30-17(2)12-22-23(29(22,3)4)21(26(30)34)13-19(15-32)25(33)31(30,36)27(16)37-28(35)24-20(10-11-38-24)18-8-6-5-7-9-18/h5-11,13-14,17,21-23,25,27,32-33,36H,12,15H2,1-4H3/t17-,21+,22-,23?,25-,27+,30+,31+/m1/s1. The molecule has 2 bridgehead atoms. The molecule has 2 aromatic rings. The van der Waals surface area contributed by atoms with Crippen molar-refractivity contribution in [1.29, 1.82) is 0 Å². The Morgan fingerprint density at radius 1 is 1.18 bits per heavy atom. The number of aliphatic hydroxyl groups is 3. The van der Waals surface area contributed by atoms with E-state index in [0.29, 0.717) is 16.9 Å². The van der Waals surface area contributed by atoms with E-state index in [0.717, 1.165) is 11.1 Å². The third-order valence-corrected chi connectivity index (χ3v) is 11.0. The van der Waals surface area contributed by atoms with Gasteiger partial charge in [-0.05, 0) is 64.7 Å². The molecule has 6 rings (SSSR count). The van der Waals surface area contributed by atoms with Crippen LogP contribution in [-0.2, 0) is 9.53 Å². The second-order valence-electron chi connectivity index (χ2n) is 12.2. The van der Waals surface area contributed by atoms with Crippen LogP contribution < -0.4 is 0 Å². The Morgan fingerprint density at radius 2 is 1.89 bits per heavy atom. The zero-order chi connectivity index (χ0) is 27.2. The minimum Gasteiger partial charge on any atom is -0.450 e. The molecule has 200 valence electrons. The molecule has 4 aliphatic rings. The van der Waals surface area contributed by atoms with Crippen LogP contribution in [0.15, 0.2) is 65.1 Å². The molecule has 38 heavy (non-hydrogen) atoms. The summed E-state index contributed by atoms with van der Waals surface area (Å²) < 4.78 is 6.06. The van der Waals surface area contributed by atoms with Gasteiger partial charge in [-0.3, -0.25) is 4.79 Å². The quantitative estimate of drug-likeness (QED) is 0.397. The first-order chi connectivity index (χ1) is 18.0. The Hall–Kier alpha value is -2.58. The maximum atomic E-state index is 14.5. The van der Waals surface area contributed by atoms with Crippen LogP contribution in [0.1, 0.15) is 43.8 Å². The van der Waals surface area contributed by atoms with Gasteiger partial charge in [0.25, 0.3) is 0 Å². The number of ketones is 1. The second-order valence-corrected chi connectivity index (χ2v) is 13.1. The average Bonchev–Trinajstić information content (AvgIpc) is 3.20. The number of benzene rings is 1. The topological polar surface area (TPSA) is 104 Å². The molecule has 1 unspecified atom stereocenters. The smallest absolute Gasteiger partial charge is 0.349 e. The maximum absolute atomic E-state index is 14.5. The van der Waals surface area contributed by atoms with Crippen molar-refractivity contribution in [3.63, 3.8) is 0 Å². The number of ether oxygens (including phenoxy) is 1. The van der Waals surface area contributed by atoms with Crippen molar-refractivity contribution in [2.75, 3.05) is 6.61 Å². The van der Waals surface area contributed by atoms with Crippen molar-refractivity contribution in [3.05, 3.63) is 70.0 Å². The minimum atomic E-state index is -2.14. The van der Waals surface area contributed by atoms with Crippen LogP contribution in [0.25, 0.3) is 11.1 Å². The van der Waals surface area contributed by atoms with Gasteiger partial charge in [-0.25, -0.2) is 4.79 Å². The van der Waals surface area contributed by atoms with E-state index in [-0.39, 0.29) is 34.5 Å². The van der Waals surface area contributed by atoms with Crippen LogP contribution in [0.4, 0.5) is 0 Å². The highest BCUT2D eigenvalue weighted by atomic mass is 32.1. The van der Waals surface area contributed by atoms with Gasteiger partial charge in [0.2, 0.25) is 0 Å². The molecule has 4 aliphatic carbocycles. The number of allylic oxidation sites excluding steroid dienone is 1. The number of hydrogen-bond donors (Lipinski definition) is 3. The molecule has 1 aromatic heterocycles. The van der Waals surface area contributed by atoms with Crippen LogP contribution in [0.5, 0.6) is 0 Å². The SMILES string of the molecule is CC1=C[C@]23C(=O)[C@@H](C=C(CO)[C@@H](O)[C@]2(O)[C@H]1OC(=O)c1sccc1-c1ccccc1)C1[C@@H](C[C@H]3C)C1(C)C. The summed E-state index contributed by atoms with van der Waals surface area (Å²) in [6.07, 6.45) is 1.32. The van der Waals surface area contributed by atoms with Gasteiger partial charge >= 0.3 is 5.97 Å². The predicted octanol–water partition coefficient (Wildman–Crippen LogP) is 4.41. The second kappa shape index (κ2) is 8.46. The van der Waals surface area contributed by atoms with E-state index in [9.17, 15) is 24.9 Å². The highest BCUT2D eigenvalue weighted by Gasteiger charge is 2.76. The summed E-state index contributed by atoms with van der Waals surface area (Å²) in [6, 6.07) is 11.4. The lowest BCUT2D eigenvalue weighted by Gasteiger charge is -2.48. The highest BCUT2D eigenvalue weighted by Crippen LogP contribution is 2.71. The molecule has 0 aliphatic heterocycles. The van der Waals surface area contributed by atoms with Crippen molar-refractivity contribution in [1.82, 2.24) is 0 Å². The Bertz CT molecular complexity index is 1370. The number of hydrogen-bond acceptors (Lipinski definition) is 7. The maximum Gasteiger partial charge on any atom is 0.349 e. The van der Waals surface area contributed by atoms with E-state index in [2.05, 4.69) is 13.8 Å². The van der Waals surface area contributed by atoms with Crippen molar-refractivity contribution >= 4 is 23.1 Å². The van der Waals surface area contributed by atoms with Gasteiger partial charge in [-0.2, -0.15) is 0 Å². The summed E-state index contributed by atoms with van der Waals surface area (Å²) in [6.45, 7) is 7.51. The van der Waals surface area contributed by atoms with Gasteiger partial charge in [0.05, 0.1) is 12.0 Å². The molecule has 2 saturated carbocycles. The first kappa shape index (κ1) is 25.7. The van der Waals surface area contributed by atoms with Crippen LogP contribution in [0.2, 0.25) is 0 Å². The third-order valence-electron chi connectivity index (χ3n) is 10.1. The Labute approximate surface area is 226 Å². The Balaban J connectivity index is 1.44. The lowest BCUT2D eigenvalue weighted by Crippen LogP contribution is -2.65. The monoisotopic (exact) mass is 534 g/mol. The first-order valence-corrected chi connectivity index (χ1v) is 14.2. The molecule has 0 saturated heterocycles. The zero-order valence-electron chi connectivity index (χ0n) is 22.0. The van der Waals surface area contributed by atoms with E-state index in [1.54, 1.807) is 19.1 Å². The summed E-state index contributed by atoms with van der Waals surface area (Å²) in [5.41, 5.74) is -1.30. The minimum absolute atomic E-state index is 0.0447. The predicted molar refractivity (Wildman–Crippen MR) is 144 cm³/mol. The molecule has 3 N–H and O–H groups in total. The molecular formula is C31H34O6S. The molecular weight excluding hydrogens is 500 g/mol. The number of fused-ring (bicyclic) bond motifs is 3. The summed E-state index contributed by atoms with van der Waals surface area (Å²) in [5.74, 6) is -1.26. The van der Waals surface area contributed by atoms with Crippen LogP contribution in [0.3, 0.4) is 0 Å². The van der Waals surface area contributed by atoms with Gasteiger partial charge < -0.3 is 20.1 Å². The number of Topliss-reactive ketones (excluding diaryl/α,β-unsaturated/α-hetero) is 1. The van der Waals surface area contributed by atoms with E-state index in [1.165, 1.54) is 11.3 Å². The molecule has 7 heteroatoms. The molecule has 6 nitrogen and oxygen atoms in total. The Kier molecular flexibility index (Phi) is 5.72. The van der Waals surface area contributed by atoms with Gasteiger partial charge in [-0.1, -0.05) is 63.3 Å². The third kappa shape index (κ3) is 3.16. The zero-order valence-corrected chi connectivity index (χ0v) is 22.9. The number of thiophene rings is 1. The summed E-state index contributed by atoms with van der Waals surface area (Å²) in [4.78, 5) is 28.5. The van der Waals surface area contributed by atoms with Crippen LogP contribution >= 0.6 is 11.3 Å². The van der Waals surface area contributed by atoms with E-state index >= 15 is 0 Å². The normalized spacial score (nSPS) is 38.8. The molecule has 0 amide bonds. The van der Waals surface area contributed by atoms with Crippen molar-refractivity contribution < 1.29 is 29.6 Å². The molecule has 1 aromatic carbocycles. The molecule has 8 atom stereocenters. The van der Waals surface area contributed by atoms with Crippen LogP contribution in [-0.4, -0.2) is 51.5 Å². The molecule has 1 spiro atoms. The van der Waals surface area contributed by atoms with Gasteiger partial charge in [0.15, 0.2) is 17.5 Å².